The molecule has 0 aliphatic heterocycles. The molecule has 0 heterocycles. The summed E-state index contributed by atoms with van der Waals surface area (Å²) < 4.78 is 0. The zero-order chi connectivity index (χ0) is 7.78. The zero-order valence-electron chi connectivity index (χ0n) is 7.02. The van der Waals surface area contributed by atoms with Gasteiger partial charge in [0.05, 0.1) is 0 Å². The van der Waals surface area contributed by atoms with Crippen LogP contribution < -0.4 is 0 Å². The van der Waals surface area contributed by atoms with Crippen molar-refractivity contribution in [1.82, 2.24) is 0 Å². The molecule has 0 aromatic rings. The SMILES string of the molecule is [C-]#[N+][C@](C)(C(C)C)C1CC1. The Morgan fingerprint density at radius 1 is 1.50 bits per heavy atom. The summed E-state index contributed by atoms with van der Waals surface area (Å²) in [7, 11) is 0. The minimum Gasteiger partial charge on any atom is -0.310 e. The summed E-state index contributed by atoms with van der Waals surface area (Å²) in [6.07, 6.45) is 2.55. The Morgan fingerprint density at radius 3 is 2.10 bits per heavy atom. The van der Waals surface area contributed by atoms with Crippen LogP contribution in [0.1, 0.15) is 33.6 Å². The maximum atomic E-state index is 7.08. The molecule has 1 aliphatic rings. The molecule has 1 aliphatic carbocycles. The first kappa shape index (κ1) is 7.60. The molecule has 1 nitrogen and oxygen atoms in total. The first-order valence-corrected chi connectivity index (χ1v) is 4.00. The molecule has 1 atom stereocenters. The van der Waals surface area contributed by atoms with E-state index in [1.807, 2.05) is 0 Å². The maximum Gasteiger partial charge on any atom is 0.234 e. The van der Waals surface area contributed by atoms with Crippen molar-refractivity contribution in [3.63, 3.8) is 0 Å². The first-order valence-electron chi connectivity index (χ1n) is 4.00. The molecular formula is C9H15N. The molecule has 1 heteroatoms. The molecule has 1 saturated carbocycles. The van der Waals surface area contributed by atoms with Crippen LogP contribution in [-0.4, -0.2) is 5.54 Å². The summed E-state index contributed by atoms with van der Waals surface area (Å²) in [5, 5.41) is 0. The minimum atomic E-state index is -0.0556. The van der Waals surface area contributed by atoms with Gasteiger partial charge in [0, 0.05) is 18.8 Å². The fraction of sp³-hybridized carbons (Fsp3) is 0.889. The van der Waals surface area contributed by atoms with E-state index in [0.29, 0.717) is 11.8 Å². The van der Waals surface area contributed by atoms with E-state index >= 15 is 0 Å². The summed E-state index contributed by atoms with van der Waals surface area (Å²) in [5.41, 5.74) is -0.0556. The third-order valence-electron chi connectivity index (χ3n) is 2.81. The second-order valence-electron chi connectivity index (χ2n) is 3.77. The van der Waals surface area contributed by atoms with Gasteiger partial charge in [0.15, 0.2) is 0 Å². The van der Waals surface area contributed by atoms with Crippen LogP contribution in [0.3, 0.4) is 0 Å². The van der Waals surface area contributed by atoms with E-state index in [-0.39, 0.29) is 5.54 Å². The molecule has 0 radical (unpaired) electrons. The summed E-state index contributed by atoms with van der Waals surface area (Å²) >= 11 is 0. The Bertz CT molecular complexity index is 158. The molecule has 10 heavy (non-hydrogen) atoms. The van der Waals surface area contributed by atoms with E-state index in [4.69, 9.17) is 6.57 Å². The van der Waals surface area contributed by atoms with Gasteiger partial charge in [-0.1, -0.05) is 13.8 Å². The Hall–Kier alpha value is -0.510. The predicted octanol–water partition coefficient (Wildman–Crippen LogP) is 2.73. The molecule has 1 rings (SSSR count). The lowest BCUT2D eigenvalue weighted by Gasteiger charge is -2.20. The molecule has 0 aromatic heterocycles. The highest BCUT2D eigenvalue weighted by Gasteiger charge is 2.49. The lowest BCUT2D eigenvalue weighted by Crippen LogP contribution is -2.29. The van der Waals surface area contributed by atoms with Crippen LogP contribution in [-0.2, 0) is 0 Å². The lowest BCUT2D eigenvalue weighted by atomic mass is 9.85. The standard InChI is InChI=1S/C9H15N/c1-7(2)9(3,10-4)8-5-6-8/h7-8H,5-6H2,1-3H3/t9-/m1/s1. The van der Waals surface area contributed by atoms with Crippen molar-refractivity contribution in [2.45, 2.75) is 39.2 Å². The van der Waals surface area contributed by atoms with E-state index in [2.05, 4.69) is 25.6 Å². The highest BCUT2D eigenvalue weighted by Crippen LogP contribution is 2.45. The molecule has 1 fully saturated rings. The number of nitrogens with zero attached hydrogens (tertiary/aromatic N) is 1. The molecular weight excluding hydrogens is 122 g/mol. The van der Waals surface area contributed by atoms with Gasteiger partial charge in [-0.25, -0.2) is 6.57 Å². The summed E-state index contributed by atoms with van der Waals surface area (Å²) in [5.74, 6) is 1.21. The van der Waals surface area contributed by atoms with Crippen molar-refractivity contribution in [1.29, 1.82) is 0 Å². The quantitative estimate of drug-likeness (QED) is 0.515. The number of rotatable bonds is 2. The van der Waals surface area contributed by atoms with Crippen LogP contribution in [0, 0.1) is 18.4 Å². The van der Waals surface area contributed by atoms with Crippen LogP contribution in [0.25, 0.3) is 4.85 Å². The first-order chi connectivity index (χ1) is 4.61. The topological polar surface area (TPSA) is 4.36 Å². The number of hydrogen-bond donors (Lipinski definition) is 0. The van der Waals surface area contributed by atoms with Crippen LogP contribution in [0.15, 0.2) is 0 Å². The average molecular weight is 137 g/mol. The third-order valence-corrected chi connectivity index (χ3v) is 2.81. The monoisotopic (exact) mass is 137 g/mol. The molecule has 0 bridgehead atoms. The van der Waals surface area contributed by atoms with Gasteiger partial charge >= 0.3 is 0 Å². The van der Waals surface area contributed by atoms with Gasteiger partial charge in [-0.15, -0.1) is 0 Å². The van der Waals surface area contributed by atoms with Crippen LogP contribution in [0.5, 0.6) is 0 Å². The normalized spacial score (nSPS) is 23.9. The van der Waals surface area contributed by atoms with Gasteiger partial charge in [0.25, 0.3) is 0 Å². The third kappa shape index (κ3) is 1.03. The smallest absolute Gasteiger partial charge is 0.234 e. The van der Waals surface area contributed by atoms with E-state index in [1.54, 1.807) is 0 Å². The van der Waals surface area contributed by atoms with Crippen molar-refractivity contribution in [2.24, 2.45) is 11.8 Å². The van der Waals surface area contributed by atoms with E-state index in [0.717, 1.165) is 0 Å². The molecule has 0 aromatic carbocycles. The molecule has 0 saturated heterocycles. The average Bonchev–Trinajstić information content (AvgIpc) is 2.67. The van der Waals surface area contributed by atoms with E-state index in [1.165, 1.54) is 12.8 Å². The molecule has 56 valence electrons. The lowest BCUT2D eigenvalue weighted by molar-refractivity contribution is 0.356. The summed E-state index contributed by atoms with van der Waals surface area (Å²) in [4.78, 5) is 3.73. The van der Waals surface area contributed by atoms with Gasteiger partial charge in [-0.05, 0) is 12.8 Å². The molecule has 0 amide bonds. The van der Waals surface area contributed by atoms with Gasteiger partial charge < -0.3 is 4.85 Å². The fourth-order valence-electron chi connectivity index (χ4n) is 1.36. The van der Waals surface area contributed by atoms with E-state index in [9.17, 15) is 0 Å². The Balaban J connectivity index is 2.68. The molecule has 0 N–H and O–H groups in total. The summed E-state index contributed by atoms with van der Waals surface area (Å²) in [6.45, 7) is 13.5. The fourth-order valence-corrected chi connectivity index (χ4v) is 1.36. The van der Waals surface area contributed by atoms with Crippen molar-refractivity contribution < 1.29 is 0 Å². The summed E-state index contributed by atoms with van der Waals surface area (Å²) in [6, 6.07) is 0. The van der Waals surface area contributed by atoms with Gasteiger partial charge in [0.1, 0.15) is 0 Å². The van der Waals surface area contributed by atoms with Crippen LogP contribution in [0.4, 0.5) is 0 Å². The largest absolute Gasteiger partial charge is 0.310 e. The van der Waals surface area contributed by atoms with Crippen LogP contribution >= 0.6 is 0 Å². The van der Waals surface area contributed by atoms with Gasteiger partial charge in [0.2, 0.25) is 5.54 Å². The molecule has 0 spiro atoms. The van der Waals surface area contributed by atoms with Crippen molar-refractivity contribution in [3.8, 4) is 0 Å². The highest BCUT2D eigenvalue weighted by molar-refractivity contribution is 5.07. The Morgan fingerprint density at radius 2 is 2.00 bits per heavy atom. The van der Waals surface area contributed by atoms with E-state index < -0.39 is 0 Å². The maximum absolute atomic E-state index is 7.08. The highest BCUT2D eigenvalue weighted by atomic mass is 14.8. The van der Waals surface area contributed by atoms with Gasteiger partial charge in [-0.2, -0.15) is 0 Å². The van der Waals surface area contributed by atoms with Gasteiger partial charge in [-0.3, -0.25) is 0 Å². The predicted molar refractivity (Wildman–Crippen MR) is 42.6 cm³/mol. The second kappa shape index (κ2) is 2.27. The van der Waals surface area contributed by atoms with Crippen molar-refractivity contribution in [2.75, 3.05) is 0 Å². The minimum absolute atomic E-state index is 0.0556. The zero-order valence-corrected chi connectivity index (χ0v) is 7.02. The van der Waals surface area contributed by atoms with Crippen molar-refractivity contribution in [3.05, 3.63) is 11.4 Å². The molecule has 0 unspecified atom stereocenters. The number of hydrogen-bond acceptors (Lipinski definition) is 0. The van der Waals surface area contributed by atoms with Crippen LogP contribution in [0.2, 0.25) is 0 Å². The van der Waals surface area contributed by atoms with Crippen molar-refractivity contribution >= 4 is 0 Å². The Kier molecular flexibility index (Phi) is 1.72. The second-order valence-corrected chi connectivity index (χ2v) is 3.77. The Labute approximate surface area is 63.3 Å².